The highest BCUT2D eigenvalue weighted by atomic mass is 16.5. The third kappa shape index (κ3) is 4.63. The Morgan fingerprint density at radius 1 is 1.38 bits per heavy atom. The fourth-order valence-corrected chi connectivity index (χ4v) is 1.82. The van der Waals surface area contributed by atoms with Gasteiger partial charge in [-0.3, -0.25) is 4.79 Å². The third-order valence-corrected chi connectivity index (χ3v) is 3.37. The highest BCUT2D eigenvalue weighted by molar-refractivity contribution is 5.73. The first-order chi connectivity index (χ1) is 9.81. The minimum Gasteiger partial charge on any atom is -0.493 e. The van der Waals surface area contributed by atoms with E-state index in [0.29, 0.717) is 11.5 Å². The lowest BCUT2D eigenvalue weighted by molar-refractivity contribution is -0.148. The van der Waals surface area contributed by atoms with Crippen LogP contribution < -0.4 is 14.8 Å². The van der Waals surface area contributed by atoms with Gasteiger partial charge in [0.1, 0.15) is 6.61 Å². The second kappa shape index (κ2) is 7.31. The maximum absolute atomic E-state index is 11.1. The predicted molar refractivity (Wildman–Crippen MR) is 82.0 cm³/mol. The number of benzene rings is 1. The molecule has 1 aromatic carbocycles. The number of carboxylic acids is 1. The Hall–Kier alpha value is -1.75. The molecule has 1 rings (SSSR count). The van der Waals surface area contributed by atoms with Gasteiger partial charge in [-0.05, 0) is 45.0 Å². The summed E-state index contributed by atoms with van der Waals surface area (Å²) in [4.78, 5) is 11.1. The summed E-state index contributed by atoms with van der Waals surface area (Å²) in [6.07, 6.45) is 0. The van der Waals surface area contributed by atoms with Gasteiger partial charge in [-0.2, -0.15) is 0 Å². The van der Waals surface area contributed by atoms with Crippen molar-refractivity contribution in [2.24, 2.45) is 5.41 Å². The summed E-state index contributed by atoms with van der Waals surface area (Å²) >= 11 is 0. The normalized spacial score (nSPS) is 12.8. The van der Waals surface area contributed by atoms with Gasteiger partial charge in [0.25, 0.3) is 0 Å². The van der Waals surface area contributed by atoms with Crippen LogP contribution in [0, 0.1) is 5.41 Å². The van der Waals surface area contributed by atoms with Crippen molar-refractivity contribution in [2.45, 2.75) is 33.7 Å². The number of rotatable bonds is 8. The van der Waals surface area contributed by atoms with E-state index < -0.39 is 11.4 Å². The van der Waals surface area contributed by atoms with Crippen LogP contribution in [0.2, 0.25) is 0 Å². The average Bonchev–Trinajstić information content (AvgIpc) is 2.45. The molecule has 0 aliphatic heterocycles. The molecule has 21 heavy (non-hydrogen) atoms. The van der Waals surface area contributed by atoms with Gasteiger partial charge in [0.05, 0.1) is 12.5 Å². The van der Waals surface area contributed by atoms with Crippen molar-refractivity contribution in [2.75, 3.05) is 20.3 Å². The maximum Gasteiger partial charge on any atom is 0.312 e. The van der Waals surface area contributed by atoms with Gasteiger partial charge in [-0.25, -0.2) is 0 Å². The van der Waals surface area contributed by atoms with Gasteiger partial charge in [0.15, 0.2) is 11.5 Å². The molecule has 0 bridgehead atoms. The smallest absolute Gasteiger partial charge is 0.312 e. The van der Waals surface area contributed by atoms with Crippen LogP contribution in [0.4, 0.5) is 0 Å². The minimum absolute atomic E-state index is 0.0841. The molecule has 0 saturated heterocycles. The van der Waals surface area contributed by atoms with E-state index in [9.17, 15) is 4.79 Å². The van der Waals surface area contributed by atoms with Crippen molar-refractivity contribution in [1.82, 2.24) is 5.32 Å². The molecule has 2 N–H and O–H groups in total. The van der Waals surface area contributed by atoms with Gasteiger partial charge < -0.3 is 19.9 Å². The number of ether oxygens (including phenoxy) is 2. The maximum atomic E-state index is 11.1. The SMILES string of the molecule is CCNC(C)c1ccc(OCC(C)(C)C(=O)O)c(OC)c1. The summed E-state index contributed by atoms with van der Waals surface area (Å²) in [5, 5.41) is 12.4. The summed E-state index contributed by atoms with van der Waals surface area (Å²) in [6.45, 7) is 8.35. The average molecular weight is 295 g/mol. The Labute approximate surface area is 126 Å². The van der Waals surface area contributed by atoms with Crippen LogP contribution >= 0.6 is 0 Å². The van der Waals surface area contributed by atoms with Crippen molar-refractivity contribution in [1.29, 1.82) is 0 Å². The molecule has 1 aromatic rings. The predicted octanol–water partition coefficient (Wildman–Crippen LogP) is 2.86. The zero-order valence-electron chi connectivity index (χ0n) is 13.4. The number of nitrogens with one attached hydrogen (secondary N) is 1. The van der Waals surface area contributed by atoms with E-state index in [1.165, 1.54) is 0 Å². The van der Waals surface area contributed by atoms with E-state index in [4.69, 9.17) is 14.6 Å². The summed E-state index contributed by atoms with van der Waals surface area (Å²) in [6, 6.07) is 5.91. The van der Waals surface area contributed by atoms with Gasteiger partial charge >= 0.3 is 5.97 Å². The van der Waals surface area contributed by atoms with E-state index in [1.54, 1.807) is 21.0 Å². The number of carbonyl (C=O) groups is 1. The van der Waals surface area contributed by atoms with Crippen molar-refractivity contribution in [3.63, 3.8) is 0 Å². The molecule has 1 atom stereocenters. The molecular formula is C16H25NO4. The molecule has 118 valence electrons. The van der Waals surface area contributed by atoms with Crippen molar-refractivity contribution < 1.29 is 19.4 Å². The molecule has 5 heteroatoms. The Morgan fingerprint density at radius 3 is 2.57 bits per heavy atom. The minimum atomic E-state index is -0.944. The van der Waals surface area contributed by atoms with Crippen LogP contribution in [-0.2, 0) is 4.79 Å². The van der Waals surface area contributed by atoms with Crippen molar-refractivity contribution in [3.05, 3.63) is 23.8 Å². The Bertz CT molecular complexity index is 485. The van der Waals surface area contributed by atoms with Crippen LogP contribution in [0.25, 0.3) is 0 Å². The number of methoxy groups -OCH3 is 1. The highest BCUT2D eigenvalue weighted by Gasteiger charge is 2.28. The zero-order valence-corrected chi connectivity index (χ0v) is 13.4. The molecule has 0 aromatic heterocycles. The first-order valence-electron chi connectivity index (χ1n) is 7.09. The van der Waals surface area contributed by atoms with E-state index in [2.05, 4.69) is 19.2 Å². The fourth-order valence-electron chi connectivity index (χ4n) is 1.82. The summed E-state index contributed by atoms with van der Waals surface area (Å²) < 4.78 is 11.0. The molecule has 0 spiro atoms. The number of carboxylic acid groups (broad SMARTS) is 1. The number of hydrogen-bond acceptors (Lipinski definition) is 4. The molecule has 0 amide bonds. The monoisotopic (exact) mass is 295 g/mol. The van der Waals surface area contributed by atoms with Gasteiger partial charge in [0, 0.05) is 6.04 Å². The number of hydrogen-bond donors (Lipinski definition) is 2. The van der Waals surface area contributed by atoms with Gasteiger partial charge in [-0.1, -0.05) is 13.0 Å². The lowest BCUT2D eigenvalue weighted by Gasteiger charge is -2.21. The summed E-state index contributed by atoms with van der Waals surface area (Å²) in [7, 11) is 1.58. The molecule has 5 nitrogen and oxygen atoms in total. The molecule has 0 heterocycles. The summed E-state index contributed by atoms with van der Waals surface area (Å²) in [5.74, 6) is 0.275. The van der Waals surface area contributed by atoms with E-state index >= 15 is 0 Å². The van der Waals surface area contributed by atoms with E-state index in [-0.39, 0.29) is 12.6 Å². The zero-order chi connectivity index (χ0) is 16.0. The molecule has 0 radical (unpaired) electrons. The van der Waals surface area contributed by atoms with Gasteiger partial charge in [-0.15, -0.1) is 0 Å². The number of aliphatic carboxylic acids is 1. The highest BCUT2D eigenvalue weighted by Crippen LogP contribution is 2.31. The van der Waals surface area contributed by atoms with Crippen LogP contribution in [0.15, 0.2) is 18.2 Å². The van der Waals surface area contributed by atoms with E-state index in [0.717, 1.165) is 12.1 Å². The largest absolute Gasteiger partial charge is 0.493 e. The Morgan fingerprint density at radius 2 is 2.05 bits per heavy atom. The van der Waals surface area contributed by atoms with Crippen LogP contribution in [0.1, 0.15) is 39.3 Å². The molecule has 1 unspecified atom stereocenters. The quantitative estimate of drug-likeness (QED) is 0.772. The van der Waals surface area contributed by atoms with Crippen LogP contribution in [-0.4, -0.2) is 31.3 Å². The first kappa shape index (κ1) is 17.3. The third-order valence-electron chi connectivity index (χ3n) is 3.37. The molecule has 0 aliphatic rings. The second-order valence-corrected chi connectivity index (χ2v) is 5.67. The van der Waals surface area contributed by atoms with Crippen LogP contribution in [0.3, 0.4) is 0 Å². The lowest BCUT2D eigenvalue weighted by atomic mass is 9.95. The lowest BCUT2D eigenvalue weighted by Crippen LogP contribution is -2.30. The Kier molecular flexibility index (Phi) is 6.03. The fraction of sp³-hybridized carbons (Fsp3) is 0.562. The van der Waals surface area contributed by atoms with Gasteiger partial charge in [0.2, 0.25) is 0 Å². The van der Waals surface area contributed by atoms with Crippen molar-refractivity contribution in [3.8, 4) is 11.5 Å². The summed E-state index contributed by atoms with van der Waals surface area (Å²) in [5.41, 5.74) is 0.152. The standard InChI is InChI=1S/C16H25NO4/c1-6-17-11(2)12-7-8-13(14(9-12)20-5)21-10-16(3,4)15(18)19/h7-9,11,17H,6,10H2,1-5H3,(H,18,19). The first-order valence-corrected chi connectivity index (χ1v) is 7.09. The Balaban J connectivity index is 2.87. The molecule has 0 aliphatic carbocycles. The van der Waals surface area contributed by atoms with E-state index in [1.807, 2.05) is 18.2 Å². The van der Waals surface area contributed by atoms with Crippen LogP contribution in [0.5, 0.6) is 11.5 Å². The molecule has 0 saturated carbocycles. The second-order valence-electron chi connectivity index (χ2n) is 5.67. The molecule has 0 fully saturated rings. The topological polar surface area (TPSA) is 67.8 Å². The van der Waals surface area contributed by atoms with Crippen molar-refractivity contribution >= 4 is 5.97 Å². The molecular weight excluding hydrogens is 270 g/mol.